The maximum absolute atomic E-state index is 10.3. The van der Waals surface area contributed by atoms with Crippen molar-refractivity contribution in [3.63, 3.8) is 0 Å². The molecule has 0 rings (SSSR count). The fourth-order valence-corrected chi connectivity index (χ4v) is 0.809. The van der Waals surface area contributed by atoms with Crippen molar-refractivity contribution in [2.24, 2.45) is 5.41 Å². The molecule has 0 heterocycles. The average Bonchev–Trinajstić information content (AvgIpc) is 1.63. The smallest absolute Gasteiger partial charge is 0.125 e. The minimum absolute atomic E-state index is 0.367. The first kappa shape index (κ1) is 8.63. The Hall–Kier alpha value is -0.370. The van der Waals surface area contributed by atoms with Gasteiger partial charge in [-0.15, -0.1) is 0 Å². The van der Waals surface area contributed by atoms with E-state index in [0.29, 0.717) is 6.42 Å². The summed E-state index contributed by atoms with van der Waals surface area (Å²) in [6.45, 7) is 5.31. The molecule has 2 heteroatoms. The minimum Gasteiger partial charge on any atom is -0.393 e. The number of aliphatic hydroxyl groups excluding tert-OH is 1. The van der Waals surface area contributed by atoms with E-state index in [9.17, 15) is 4.79 Å². The van der Waals surface area contributed by atoms with E-state index >= 15 is 0 Å². The molecule has 0 amide bonds. The van der Waals surface area contributed by atoms with Crippen LogP contribution in [0.1, 0.15) is 27.2 Å². The highest BCUT2D eigenvalue weighted by atomic mass is 16.3. The average molecular weight is 130 g/mol. The van der Waals surface area contributed by atoms with Gasteiger partial charge in [0.05, 0.1) is 6.10 Å². The lowest BCUT2D eigenvalue weighted by Crippen LogP contribution is -2.19. The van der Waals surface area contributed by atoms with Gasteiger partial charge in [0.25, 0.3) is 0 Å². The van der Waals surface area contributed by atoms with Crippen LogP contribution in [-0.4, -0.2) is 17.5 Å². The van der Waals surface area contributed by atoms with Crippen molar-refractivity contribution in [1.29, 1.82) is 0 Å². The lowest BCUT2D eigenvalue weighted by molar-refractivity contribution is -0.116. The highest BCUT2D eigenvalue weighted by Gasteiger charge is 2.18. The number of carbonyl (C=O) groups excluding carboxylic acids is 1. The summed E-state index contributed by atoms with van der Waals surface area (Å²) in [5, 5.41) is 8.86. The van der Waals surface area contributed by atoms with Crippen LogP contribution < -0.4 is 0 Å². The standard InChI is InChI=1S/C7H14O2/c1-6(9)4-7(2,3)5-8/h5-6,9H,4H2,1-3H3. The van der Waals surface area contributed by atoms with Crippen molar-refractivity contribution < 1.29 is 9.90 Å². The molecule has 0 aromatic heterocycles. The molecule has 0 bridgehead atoms. The van der Waals surface area contributed by atoms with Crippen LogP contribution in [0.5, 0.6) is 0 Å². The first-order chi connectivity index (χ1) is 3.98. The molecule has 0 spiro atoms. The molecular formula is C7H14O2. The monoisotopic (exact) mass is 130 g/mol. The summed E-state index contributed by atoms with van der Waals surface area (Å²) in [5.41, 5.74) is -0.367. The fraction of sp³-hybridized carbons (Fsp3) is 0.857. The molecule has 0 aliphatic heterocycles. The van der Waals surface area contributed by atoms with Gasteiger partial charge in [0.15, 0.2) is 0 Å². The Balaban J connectivity index is 3.71. The van der Waals surface area contributed by atoms with Gasteiger partial charge in [-0.1, -0.05) is 13.8 Å². The van der Waals surface area contributed by atoms with E-state index in [0.717, 1.165) is 6.29 Å². The van der Waals surface area contributed by atoms with Crippen LogP contribution in [0.3, 0.4) is 0 Å². The Morgan fingerprint density at radius 3 is 2.22 bits per heavy atom. The van der Waals surface area contributed by atoms with Crippen LogP contribution in [0.4, 0.5) is 0 Å². The molecule has 0 radical (unpaired) electrons. The fourth-order valence-electron chi connectivity index (χ4n) is 0.809. The zero-order valence-corrected chi connectivity index (χ0v) is 6.22. The molecule has 0 aromatic rings. The summed E-state index contributed by atoms with van der Waals surface area (Å²) in [6, 6.07) is 0. The third kappa shape index (κ3) is 4.15. The van der Waals surface area contributed by atoms with Crippen molar-refractivity contribution in [1.82, 2.24) is 0 Å². The summed E-state index contributed by atoms with van der Waals surface area (Å²) in [4.78, 5) is 10.3. The van der Waals surface area contributed by atoms with Gasteiger partial charge in [0.2, 0.25) is 0 Å². The van der Waals surface area contributed by atoms with Crippen molar-refractivity contribution in [3.05, 3.63) is 0 Å². The number of hydrogen-bond acceptors (Lipinski definition) is 2. The molecule has 2 nitrogen and oxygen atoms in total. The second-order valence-corrected chi connectivity index (χ2v) is 3.16. The Morgan fingerprint density at radius 2 is 2.11 bits per heavy atom. The maximum Gasteiger partial charge on any atom is 0.125 e. The zero-order chi connectivity index (χ0) is 7.49. The van der Waals surface area contributed by atoms with Crippen LogP contribution in [0, 0.1) is 5.41 Å². The molecule has 0 saturated heterocycles. The van der Waals surface area contributed by atoms with Crippen LogP contribution in [0.25, 0.3) is 0 Å². The molecular weight excluding hydrogens is 116 g/mol. The third-order valence-corrected chi connectivity index (χ3v) is 1.14. The van der Waals surface area contributed by atoms with Gasteiger partial charge in [-0.3, -0.25) is 0 Å². The van der Waals surface area contributed by atoms with E-state index in [1.54, 1.807) is 6.92 Å². The number of carbonyl (C=O) groups is 1. The molecule has 9 heavy (non-hydrogen) atoms. The van der Waals surface area contributed by atoms with Crippen LogP contribution in [0.15, 0.2) is 0 Å². The second kappa shape index (κ2) is 2.97. The van der Waals surface area contributed by atoms with E-state index in [4.69, 9.17) is 5.11 Å². The minimum atomic E-state index is -0.384. The Morgan fingerprint density at radius 1 is 1.67 bits per heavy atom. The van der Waals surface area contributed by atoms with Crippen LogP contribution >= 0.6 is 0 Å². The van der Waals surface area contributed by atoms with E-state index in [2.05, 4.69) is 0 Å². The lowest BCUT2D eigenvalue weighted by atomic mass is 9.89. The highest BCUT2D eigenvalue weighted by molar-refractivity contribution is 5.57. The molecule has 0 fully saturated rings. The number of aldehydes is 1. The lowest BCUT2D eigenvalue weighted by Gasteiger charge is -2.17. The topological polar surface area (TPSA) is 37.3 Å². The van der Waals surface area contributed by atoms with Gasteiger partial charge in [-0.25, -0.2) is 0 Å². The first-order valence-electron chi connectivity index (χ1n) is 3.12. The molecule has 0 aromatic carbocycles. The van der Waals surface area contributed by atoms with Crippen molar-refractivity contribution in [2.45, 2.75) is 33.3 Å². The maximum atomic E-state index is 10.3. The quantitative estimate of drug-likeness (QED) is 0.578. The highest BCUT2D eigenvalue weighted by Crippen LogP contribution is 2.18. The summed E-state index contributed by atoms with van der Waals surface area (Å²) in [5.74, 6) is 0. The zero-order valence-electron chi connectivity index (χ0n) is 6.22. The number of rotatable bonds is 3. The van der Waals surface area contributed by atoms with Crippen molar-refractivity contribution in [2.75, 3.05) is 0 Å². The number of aliphatic hydroxyl groups is 1. The van der Waals surface area contributed by atoms with E-state index < -0.39 is 0 Å². The van der Waals surface area contributed by atoms with Crippen LogP contribution in [-0.2, 0) is 4.79 Å². The van der Waals surface area contributed by atoms with Gasteiger partial charge in [-0.05, 0) is 13.3 Å². The van der Waals surface area contributed by atoms with Gasteiger partial charge in [-0.2, -0.15) is 0 Å². The normalized spacial score (nSPS) is 15.1. The summed E-state index contributed by atoms with van der Waals surface area (Å²) >= 11 is 0. The van der Waals surface area contributed by atoms with E-state index in [1.165, 1.54) is 0 Å². The predicted molar refractivity (Wildman–Crippen MR) is 36.1 cm³/mol. The SMILES string of the molecule is CC(O)CC(C)(C)C=O. The van der Waals surface area contributed by atoms with Gasteiger partial charge < -0.3 is 9.90 Å². The van der Waals surface area contributed by atoms with Gasteiger partial charge >= 0.3 is 0 Å². The summed E-state index contributed by atoms with van der Waals surface area (Å²) in [6.07, 6.45) is 1.03. The largest absolute Gasteiger partial charge is 0.393 e. The Labute approximate surface area is 55.9 Å². The molecule has 0 saturated carbocycles. The molecule has 1 unspecified atom stereocenters. The van der Waals surface area contributed by atoms with Gasteiger partial charge in [0.1, 0.15) is 6.29 Å². The van der Waals surface area contributed by atoms with Crippen molar-refractivity contribution >= 4 is 6.29 Å². The molecule has 54 valence electrons. The second-order valence-electron chi connectivity index (χ2n) is 3.16. The van der Waals surface area contributed by atoms with Gasteiger partial charge in [0, 0.05) is 5.41 Å². The Bertz CT molecular complexity index is 95.1. The Kier molecular flexibility index (Phi) is 2.85. The molecule has 1 atom stereocenters. The third-order valence-electron chi connectivity index (χ3n) is 1.14. The van der Waals surface area contributed by atoms with E-state index in [-0.39, 0.29) is 11.5 Å². The van der Waals surface area contributed by atoms with Crippen molar-refractivity contribution in [3.8, 4) is 0 Å². The first-order valence-corrected chi connectivity index (χ1v) is 3.12. The molecule has 0 aliphatic rings. The van der Waals surface area contributed by atoms with E-state index in [1.807, 2.05) is 13.8 Å². The predicted octanol–water partition coefficient (Wildman–Crippen LogP) is 0.982. The van der Waals surface area contributed by atoms with Crippen LogP contribution in [0.2, 0.25) is 0 Å². The summed E-state index contributed by atoms with van der Waals surface area (Å²) in [7, 11) is 0. The molecule has 1 N–H and O–H groups in total. The summed E-state index contributed by atoms with van der Waals surface area (Å²) < 4.78 is 0. The molecule has 0 aliphatic carbocycles. The number of hydrogen-bond donors (Lipinski definition) is 1.